The highest BCUT2D eigenvalue weighted by molar-refractivity contribution is 5.85. The van der Waals surface area contributed by atoms with Crippen molar-refractivity contribution >= 4 is 12.4 Å². The number of nitrogens with one attached hydrogen (secondary N) is 1. The van der Waals surface area contributed by atoms with Gasteiger partial charge in [0.1, 0.15) is 5.82 Å². The van der Waals surface area contributed by atoms with Gasteiger partial charge in [-0.2, -0.15) is 0 Å². The van der Waals surface area contributed by atoms with Crippen LogP contribution in [0.3, 0.4) is 0 Å². The molecule has 0 amide bonds. The minimum absolute atomic E-state index is 0. The first-order valence-corrected chi connectivity index (χ1v) is 9.88. The van der Waals surface area contributed by atoms with Gasteiger partial charge in [-0.15, -0.1) is 12.4 Å². The molecule has 1 unspecified atom stereocenters. The second kappa shape index (κ2) is 16.8. The zero-order valence-corrected chi connectivity index (χ0v) is 16.6. The number of aliphatic hydroxyl groups excluding tert-OH is 1. The van der Waals surface area contributed by atoms with Crippen LogP contribution >= 0.6 is 12.4 Å². The van der Waals surface area contributed by atoms with Crippen LogP contribution in [0, 0.1) is 5.82 Å². The summed E-state index contributed by atoms with van der Waals surface area (Å²) in [5.41, 5.74) is 0.789. The van der Waals surface area contributed by atoms with E-state index in [0.29, 0.717) is 6.42 Å². The lowest BCUT2D eigenvalue weighted by Crippen LogP contribution is -2.18. The van der Waals surface area contributed by atoms with Crippen LogP contribution in [0.15, 0.2) is 24.3 Å². The van der Waals surface area contributed by atoms with E-state index in [9.17, 15) is 9.50 Å². The van der Waals surface area contributed by atoms with E-state index in [1.54, 1.807) is 12.1 Å². The molecule has 0 saturated carbocycles. The summed E-state index contributed by atoms with van der Waals surface area (Å²) in [5.74, 6) is -0.259. The third kappa shape index (κ3) is 13.3. The molecule has 0 aliphatic rings. The van der Waals surface area contributed by atoms with E-state index in [2.05, 4.69) is 12.2 Å². The van der Waals surface area contributed by atoms with Gasteiger partial charge in [0.05, 0.1) is 6.10 Å². The molecule has 1 aromatic carbocycles. The maximum absolute atomic E-state index is 12.8. The first-order valence-electron chi connectivity index (χ1n) is 9.88. The molecule has 0 heterocycles. The van der Waals surface area contributed by atoms with Gasteiger partial charge < -0.3 is 10.4 Å². The Morgan fingerprint density at radius 2 is 1.36 bits per heavy atom. The Kier molecular flexibility index (Phi) is 16.4. The van der Waals surface area contributed by atoms with Crippen molar-refractivity contribution in [2.24, 2.45) is 0 Å². The van der Waals surface area contributed by atoms with Crippen LogP contribution in [0.4, 0.5) is 4.39 Å². The Labute approximate surface area is 160 Å². The van der Waals surface area contributed by atoms with E-state index in [4.69, 9.17) is 0 Å². The Morgan fingerprint density at radius 1 is 0.840 bits per heavy atom. The van der Waals surface area contributed by atoms with Crippen LogP contribution in [0.5, 0.6) is 0 Å². The summed E-state index contributed by atoms with van der Waals surface area (Å²) >= 11 is 0. The number of halogens is 2. The zero-order valence-electron chi connectivity index (χ0n) is 15.8. The summed E-state index contributed by atoms with van der Waals surface area (Å²) in [6.07, 6.45) is 13.7. The molecule has 2 nitrogen and oxygen atoms in total. The standard InChI is InChI=1S/C21H36FNO.ClH/c1-2-3-4-5-6-7-8-9-10-11-17-23-18-16-21(24)19-12-14-20(22)15-13-19;/h12-15,21,23-24H,2-11,16-18H2,1H3;1H. The van der Waals surface area contributed by atoms with Gasteiger partial charge in [-0.05, 0) is 43.6 Å². The van der Waals surface area contributed by atoms with E-state index in [-0.39, 0.29) is 18.2 Å². The maximum atomic E-state index is 12.8. The van der Waals surface area contributed by atoms with Gasteiger partial charge in [0.25, 0.3) is 0 Å². The smallest absolute Gasteiger partial charge is 0.123 e. The number of hydrogen-bond acceptors (Lipinski definition) is 2. The Balaban J connectivity index is 0.00000576. The van der Waals surface area contributed by atoms with Crippen molar-refractivity contribution in [1.29, 1.82) is 0 Å². The SMILES string of the molecule is CCCCCCCCCCCCNCCC(O)c1ccc(F)cc1.Cl. The monoisotopic (exact) mass is 373 g/mol. The molecule has 0 aliphatic heterocycles. The number of aliphatic hydroxyl groups is 1. The van der Waals surface area contributed by atoms with Crippen molar-refractivity contribution < 1.29 is 9.50 Å². The molecule has 0 fully saturated rings. The third-order valence-corrected chi connectivity index (χ3v) is 4.56. The van der Waals surface area contributed by atoms with Crippen LogP contribution in [-0.4, -0.2) is 18.2 Å². The zero-order chi connectivity index (χ0) is 17.5. The normalized spacial score (nSPS) is 12.0. The van der Waals surface area contributed by atoms with Crippen LogP contribution in [-0.2, 0) is 0 Å². The lowest BCUT2D eigenvalue weighted by Gasteiger charge is -2.11. The molecule has 0 aromatic heterocycles. The summed E-state index contributed by atoms with van der Waals surface area (Å²) in [7, 11) is 0. The van der Waals surface area contributed by atoms with Crippen molar-refractivity contribution in [3.05, 3.63) is 35.6 Å². The first kappa shape index (κ1) is 24.4. The summed E-state index contributed by atoms with van der Waals surface area (Å²) in [5, 5.41) is 13.4. The van der Waals surface area contributed by atoms with E-state index in [1.165, 1.54) is 76.3 Å². The van der Waals surface area contributed by atoms with Gasteiger partial charge in [-0.25, -0.2) is 4.39 Å². The Bertz CT molecular complexity index is 399. The molecular formula is C21H37ClFNO. The molecule has 0 saturated heterocycles. The Morgan fingerprint density at radius 3 is 1.92 bits per heavy atom. The van der Waals surface area contributed by atoms with Gasteiger partial charge in [0.15, 0.2) is 0 Å². The Hall–Kier alpha value is -0.640. The van der Waals surface area contributed by atoms with Gasteiger partial charge in [-0.1, -0.05) is 76.8 Å². The lowest BCUT2D eigenvalue weighted by molar-refractivity contribution is 0.167. The fraction of sp³-hybridized carbons (Fsp3) is 0.714. The average molecular weight is 374 g/mol. The number of unbranched alkanes of at least 4 members (excludes halogenated alkanes) is 9. The van der Waals surface area contributed by atoms with Crippen LogP contribution in [0.25, 0.3) is 0 Å². The molecule has 0 spiro atoms. The molecule has 1 atom stereocenters. The highest BCUT2D eigenvalue weighted by Gasteiger charge is 2.06. The number of rotatable bonds is 15. The van der Waals surface area contributed by atoms with E-state index >= 15 is 0 Å². The van der Waals surface area contributed by atoms with Crippen molar-refractivity contribution in [2.75, 3.05) is 13.1 Å². The van der Waals surface area contributed by atoms with Crippen molar-refractivity contribution in [1.82, 2.24) is 5.32 Å². The molecule has 25 heavy (non-hydrogen) atoms. The third-order valence-electron chi connectivity index (χ3n) is 4.56. The fourth-order valence-corrected chi connectivity index (χ4v) is 2.95. The fourth-order valence-electron chi connectivity index (χ4n) is 2.95. The molecule has 2 N–H and O–H groups in total. The summed E-state index contributed by atoms with van der Waals surface area (Å²) in [6, 6.07) is 6.11. The largest absolute Gasteiger partial charge is 0.388 e. The highest BCUT2D eigenvalue weighted by Crippen LogP contribution is 2.16. The molecule has 0 radical (unpaired) electrons. The maximum Gasteiger partial charge on any atom is 0.123 e. The van der Waals surface area contributed by atoms with Gasteiger partial charge in [-0.3, -0.25) is 0 Å². The molecular weight excluding hydrogens is 337 g/mol. The molecule has 146 valence electrons. The van der Waals surface area contributed by atoms with E-state index < -0.39 is 6.10 Å². The molecule has 1 aromatic rings. The van der Waals surface area contributed by atoms with Crippen molar-refractivity contribution in [3.63, 3.8) is 0 Å². The average Bonchev–Trinajstić information content (AvgIpc) is 2.59. The van der Waals surface area contributed by atoms with Gasteiger partial charge in [0.2, 0.25) is 0 Å². The summed E-state index contributed by atoms with van der Waals surface area (Å²) in [6.45, 7) is 4.08. The van der Waals surface area contributed by atoms with Crippen LogP contribution < -0.4 is 5.32 Å². The number of benzene rings is 1. The highest BCUT2D eigenvalue weighted by atomic mass is 35.5. The minimum atomic E-state index is -0.509. The minimum Gasteiger partial charge on any atom is -0.388 e. The molecule has 1 rings (SSSR count). The molecule has 0 aliphatic carbocycles. The number of hydrogen-bond donors (Lipinski definition) is 2. The van der Waals surface area contributed by atoms with Crippen LogP contribution in [0.1, 0.15) is 89.2 Å². The lowest BCUT2D eigenvalue weighted by atomic mass is 10.1. The van der Waals surface area contributed by atoms with Gasteiger partial charge >= 0.3 is 0 Å². The quantitative estimate of drug-likeness (QED) is 0.360. The predicted octanol–water partition coefficient (Wildman–Crippen LogP) is 6.18. The van der Waals surface area contributed by atoms with Crippen molar-refractivity contribution in [2.45, 2.75) is 83.7 Å². The van der Waals surface area contributed by atoms with Crippen molar-refractivity contribution in [3.8, 4) is 0 Å². The summed E-state index contributed by atoms with van der Waals surface area (Å²) in [4.78, 5) is 0. The second-order valence-electron chi connectivity index (χ2n) is 6.79. The molecule has 0 bridgehead atoms. The topological polar surface area (TPSA) is 32.3 Å². The van der Waals surface area contributed by atoms with E-state index in [1.807, 2.05) is 0 Å². The first-order chi connectivity index (χ1) is 11.7. The molecule has 4 heteroatoms. The van der Waals surface area contributed by atoms with E-state index in [0.717, 1.165) is 18.7 Å². The van der Waals surface area contributed by atoms with Gasteiger partial charge in [0, 0.05) is 0 Å². The second-order valence-corrected chi connectivity index (χ2v) is 6.79. The summed E-state index contributed by atoms with van der Waals surface area (Å²) < 4.78 is 12.8. The predicted molar refractivity (Wildman–Crippen MR) is 108 cm³/mol. The van der Waals surface area contributed by atoms with Crippen LogP contribution in [0.2, 0.25) is 0 Å².